The van der Waals surface area contributed by atoms with Crippen molar-refractivity contribution in [3.63, 3.8) is 0 Å². The molecule has 1 heterocycles. The first-order chi connectivity index (χ1) is 15.0. The summed E-state index contributed by atoms with van der Waals surface area (Å²) in [6.07, 6.45) is 8.28. The maximum Gasteiger partial charge on any atom is 0.226 e. The van der Waals surface area contributed by atoms with Crippen LogP contribution in [0, 0.1) is 29.5 Å². The first-order valence-electron chi connectivity index (χ1n) is 11.7. The first-order valence-corrected chi connectivity index (χ1v) is 13.1. The molecule has 0 spiro atoms. The summed E-state index contributed by atoms with van der Waals surface area (Å²) in [6.45, 7) is 3.08. The topological polar surface area (TPSA) is 44.7 Å². The van der Waals surface area contributed by atoms with Crippen molar-refractivity contribution in [1.29, 1.82) is 0 Å². The van der Waals surface area contributed by atoms with Gasteiger partial charge < -0.3 is 10.2 Å². The van der Waals surface area contributed by atoms with Crippen LogP contribution >= 0.6 is 35.8 Å². The lowest BCUT2D eigenvalue weighted by Gasteiger charge is -2.53. The molecule has 1 atom stereocenters. The minimum Gasteiger partial charge on any atom is -0.347 e. The maximum atomic E-state index is 14.1. The van der Waals surface area contributed by atoms with Crippen LogP contribution in [0.5, 0.6) is 0 Å². The smallest absolute Gasteiger partial charge is 0.226 e. The molecule has 5 fully saturated rings. The Balaban J connectivity index is 0.00000245. The molecule has 176 valence electrons. The van der Waals surface area contributed by atoms with E-state index < -0.39 is 5.82 Å². The van der Waals surface area contributed by atoms with Crippen LogP contribution in [0.15, 0.2) is 23.2 Å². The standard InChI is InChI=1S/C24H31ClFN3OS.ClH/c1-2-5-29-19(12-22(30)27-21-4-3-18(25)11-20(21)26)13-31-24(29)28-23-16-7-14-6-15(9-16)10-17(23)8-14;/h3-4,11,14-17,19,23H,2,5-10,12-13H2,1H3,(H,27,30);1H. The number of benzene rings is 1. The van der Waals surface area contributed by atoms with E-state index in [2.05, 4.69) is 17.1 Å². The molecule has 1 aliphatic heterocycles. The zero-order valence-corrected chi connectivity index (χ0v) is 20.8. The van der Waals surface area contributed by atoms with Crippen molar-refractivity contribution in [3.8, 4) is 0 Å². The van der Waals surface area contributed by atoms with Gasteiger partial charge >= 0.3 is 0 Å². The Bertz CT molecular complexity index is 855. The highest BCUT2D eigenvalue weighted by molar-refractivity contribution is 8.14. The molecule has 1 aromatic carbocycles. The molecule has 1 aromatic rings. The van der Waals surface area contributed by atoms with E-state index >= 15 is 0 Å². The van der Waals surface area contributed by atoms with Crippen LogP contribution in [-0.2, 0) is 4.79 Å². The SMILES string of the molecule is CCCN1C(=NC2C3CC4CC(C3)CC2C4)SCC1CC(=O)Nc1ccc(Cl)cc1F.Cl. The highest BCUT2D eigenvalue weighted by Gasteiger charge is 2.48. The van der Waals surface area contributed by atoms with E-state index in [4.69, 9.17) is 16.6 Å². The number of aliphatic imine (C=N–C) groups is 1. The molecule has 1 amide bonds. The van der Waals surface area contributed by atoms with Crippen molar-refractivity contribution in [2.45, 2.75) is 64.0 Å². The van der Waals surface area contributed by atoms with E-state index in [1.54, 1.807) is 17.8 Å². The number of hydrogen-bond acceptors (Lipinski definition) is 3. The monoisotopic (exact) mass is 499 g/mol. The van der Waals surface area contributed by atoms with Crippen LogP contribution in [0.4, 0.5) is 10.1 Å². The molecular formula is C24H32Cl2FN3OS. The second-order valence-electron chi connectivity index (χ2n) is 9.87. The lowest BCUT2D eigenvalue weighted by Crippen LogP contribution is -2.48. The second kappa shape index (κ2) is 10.1. The summed E-state index contributed by atoms with van der Waals surface area (Å²) >= 11 is 7.61. The van der Waals surface area contributed by atoms with Crippen molar-refractivity contribution in [2.75, 3.05) is 17.6 Å². The fourth-order valence-electron chi connectivity index (χ4n) is 6.54. The number of amidine groups is 1. The van der Waals surface area contributed by atoms with Gasteiger partial charge in [-0.25, -0.2) is 4.39 Å². The zero-order valence-electron chi connectivity index (χ0n) is 18.4. The number of nitrogens with one attached hydrogen (secondary N) is 1. The summed E-state index contributed by atoms with van der Waals surface area (Å²) in [7, 11) is 0. The number of carbonyl (C=O) groups is 1. The molecule has 8 heteroatoms. The Hall–Kier alpha value is -0.980. The predicted molar refractivity (Wildman–Crippen MR) is 133 cm³/mol. The Morgan fingerprint density at radius 2 is 1.91 bits per heavy atom. The molecule has 4 bridgehead atoms. The average molecular weight is 501 g/mol. The number of thioether (sulfide) groups is 1. The Morgan fingerprint density at radius 3 is 2.53 bits per heavy atom. The van der Waals surface area contributed by atoms with E-state index in [0.717, 1.165) is 47.6 Å². The van der Waals surface area contributed by atoms with Crippen molar-refractivity contribution in [2.24, 2.45) is 28.7 Å². The summed E-state index contributed by atoms with van der Waals surface area (Å²) in [5.41, 5.74) is 0.185. The maximum absolute atomic E-state index is 14.1. The summed E-state index contributed by atoms with van der Waals surface area (Å²) in [5.74, 6) is 3.63. The van der Waals surface area contributed by atoms with E-state index in [0.29, 0.717) is 17.5 Å². The second-order valence-corrected chi connectivity index (χ2v) is 11.3. The number of rotatable bonds is 6. The largest absolute Gasteiger partial charge is 0.347 e. The third-order valence-electron chi connectivity index (χ3n) is 7.62. The van der Waals surface area contributed by atoms with Gasteiger partial charge in [-0.1, -0.05) is 30.3 Å². The highest BCUT2D eigenvalue weighted by Crippen LogP contribution is 2.55. The van der Waals surface area contributed by atoms with E-state index in [9.17, 15) is 9.18 Å². The molecule has 1 N–H and O–H groups in total. The van der Waals surface area contributed by atoms with E-state index in [-0.39, 0.29) is 30.0 Å². The van der Waals surface area contributed by atoms with Gasteiger partial charge in [0, 0.05) is 29.8 Å². The molecule has 4 nitrogen and oxygen atoms in total. The first kappa shape index (κ1) is 24.2. The molecule has 5 aliphatic rings. The van der Waals surface area contributed by atoms with Crippen molar-refractivity contribution in [3.05, 3.63) is 29.0 Å². The molecule has 32 heavy (non-hydrogen) atoms. The molecule has 6 rings (SSSR count). The summed E-state index contributed by atoms with van der Waals surface area (Å²) in [5, 5.41) is 4.17. The lowest BCUT2D eigenvalue weighted by molar-refractivity contribution is -0.116. The molecule has 4 saturated carbocycles. The number of nitrogens with zero attached hydrogens (tertiary/aromatic N) is 2. The Morgan fingerprint density at radius 1 is 1.22 bits per heavy atom. The van der Waals surface area contributed by atoms with Gasteiger partial charge in [0.25, 0.3) is 0 Å². The van der Waals surface area contributed by atoms with Gasteiger partial charge in [0.15, 0.2) is 5.17 Å². The van der Waals surface area contributed by atoms with Crippen molar-refractivity contribution in [1.82, 2.24) is 4.90 Å². The Kier molecular flexibility index (Phi) is 7.63. The van der Waals surface area contributed by atoms with E-state index in [1.165, 1.54) is 44.2 Å². The van der Waals surface area contributed by atoms with Crippen LogP contribution in [0.2, 0.25) is 5.02 Å². The molecule has 1 unspecified atom stereocenters. The summed E-state index contributed by atoms with van der Waals surface area (Å²) < 4.78 is 14.1. The van der Waals surface area contributed by atoms with E-state index in [1.807, 2.05) is 0 Å². The molecular weight excluding hydrogens is 468 g/mol. The molecule has 0 radical (unpaired) electrons. The fraction of sp³-hybridized carbons (Fsp3) is 0.667. The van der Waals surface area contributed by atoms with Crippen molar-refractivity contribution < 1.29 is 9.18 Å². The van der Waals surface area contributed by atoms with Gasteiger partial charge in [0.05, 0.1) is 11.7 Å². The number of hydrogen-bond donors (Lipinski definition) is 1. The van der Waals surface area contributed by atoms with Crippen LogP contribution in [0.25, 0.3) is 0 Å². The summed E-state index contributed by atoms with van der Waals surface area (Å²) in [6, 6.07) is 4.91. The minimum absolute atomic E-state index is 0. The van der Waals surface area contributed by atoms with Gasteiger partial charge in [-0.2, -0.15) is 0 Å². The Labute approximate surface area is 205 Å². The van der Waals surface area contributed by atoms with Gasteiger partial charge in [-0.05, 0) is 80.4 Å². The third-order valence-corrected chi connectivity index (χ3v) is 9.00. The minimum atomic E-state index is -0.504. The van der Waals surface area contributed by atoms with Crippen LogP contribution < -0.4 is 5.32 Å². The number of anilines is 1. The quantitative estimate of drug-likeness (QED) is 0.503. The number of amides is 1. The zero-order chi connectivity index (χ0) is 21.5. The third kappa shape index (κ3) is 4.92. The lowest BCUT2D eigenvalue weighted by atomic mass is 9.54. The van der Waals surface area contributed by atoms with Crippen LogP contribution in [-0.4, -0.2) is 40.4 Å². The fourth-order valence-corrected chi connectivity index (χ4v) is 7.94. The molecule has 4 aliphatic carbocycles. The van der Waals surface area contributed by atoms with Crippen LogP contribution in [0.3, 0.4) is 0 Å². The average Bonchev–Trinajstić information content (AvgIpc) is 3.08. The predicted octanol–water partition coefficient (Wildman–Crippen LogP) is 6.24. The van der Waals surface area contributed by atoms with Gasteiger partial charge in [-0.15, -0.1) is 12.4 Å². The number of carbonyl (C=O) groups excluding carboxylic acids is 1. The van der Waals surface area contributed by atoms with Gasteiger partial charge in [0.2, 0.25) is 5.91 Å². The van der Waals surface area contributed by atoms with Gasteiger partial charge in [-0.3, -0.25) is 9.79 Å². The highest BCUT2D eigenvalue weighted by atomic mass is 35.5. The van der Waals surface area contributed by atoms with Crippen molar-refractivity contribution >= 4 is 52.5 Å². The molecule has 0 aromatic heterocycles. The normalized spacial score (nSPS) is 34.1. The molecule has 1 saturated heterocycles. The van der Waals surface area contributed by atoms with Crippen LogP contribution in [0.1, 0.15) is 51.9 Å². The van der Waals surface area contributed by atoms with Gasteiger partial charge in [0.1, 0.15) is 5.82 Å². The number of halogens is 3. The summed E-state index contributed by atoms with van der Waals surface area (Å²) in [4.78, 5) is 20.3.